The maximum Gasteiger partial charge on any atom is 0.326 e. The van der Waals surface area contributed by atoms with Gasteiger partial charge in [-0.2, -0.15) is 0 Å². The first-order chi connectivity index (χ1) is 14.5. The predicted octanol–water partition coefficient (Wildman–Crippen LogP) is 4.64. The SMILES string of the molecule is CC[C@@H](C)[C@H](NC(=O)C(c1ccccc1)(c1ccccc1)c1ccccc1)C(=O)O. The Hall–Kier alpha value is -3.40. The van der Waals surface area contributed by atoms with E-state index >= 15 is 0 Å². The molecule has 30 heavy (non-hydrogen) atoms. The summed E-state index contributed by atoms with van der Waals surface area (Å²) in [5.74, 6) is -1.58. The van der Waals surface area contributed by atoms with E-state index in [4.69, 9.17) is 0 Å². The van der Waals surface area contributed by atoms with Gasteiger partial charge >= 0.3 is 5.97 Å². The number of hydrogen-bond acceptors (Lipinski definition) is 2. The number of aliphatic carboxylic acids is 1. The maximum absolute atomic E-state index is 14.0. The Morgan fingerprint density at radius 2 is 1.17 bits per heavy atom. The normalized spacial score (nSPS) is 13.3. The lowest BCUT2D eigenvalue weighted by molar-refractivity contribution is -0.143. The minimum Gasteiger partial charge on any atom is -0.480 e. The van der Waals surface area contributed by atoms with E-state index < -0.39 is 17.4 Å². The molecule has 0 spiro atoms. The van der Waals surface area contributed by atoms with Gasteiger partial charge in [0.2, 0.25) is 5.91 Å². The first-order valence-corrected chi connectivity index (χ1v) is 10.2. The van der Waals surface area contributed by atoms with Crippen molar-refractivity contribution in [3.05, 3.63) is 108 Å². The number of nitrogens with one attached hydrogen (secondary N) is 1. The van der Waals surface area contributed by atoms with Gasteiger partial charge in [-0.25, -0.2) is 4.79 Å². The zero-order valence-corrected chi connectivity index (χ0v) is 17.3. The first kappa shape index (κ1) is 21.3. The molecule has 0 unspecified atom stereocenters. The fourth-order valence-corrected chi connectivity index (χ4v) is 3.89. The monoisotopic (exact) mass is 401 g/mol. The molecule has 4 nitrogen and oxygen atoms in total. The van der Waals surface area contributed by atoms with E-state index in [0.717, 1.165) is 16.7 Å². The van der Waals surface area contributed by atoms with Gasteiger partial charge in [-0.3, -0.25) is 4.79 Å². The van der Waals surface area contributed by atoms with Crippen molar-refractivity contribution in [2.24, 2.45) is 5.92 Å². The van der Waals surface area contributed by atoms with Crippen molar-refractivity contribution in [2.45, 2.75) is 31.7 Å². The maximum atomic E-state index is 14.0. The van der Waals surface area contributed by atoms with Crippen molar-refractivity contribution in [1.29, 1.82) is 0 Å². The van der Waals surface area contributed by atoms with Crippen LogP contribution in [0.15, 0.2) is 91.0 Å². The lowest BCUT2D eigenvalue weighted by Crippen LogP contribution is -2.53. The summed E-state index contributed by atoms with van der Waals surface area (Å²) < 4.78 is 0. The van der Waals surface area contributed by atoms with Crippen LogP contribution in [0.1, 0.15) is 37.0 Å². The van der Waals surface area contributed by atoms with Crippen LogP contribution in [-0.4, -0.2) is 23.0 Å². The zero-order valence-electron chi connectivity index (χ0n) is 17.3. The van der Waals surface area contributed by atoms with Crippen molar-refractivity contribution in [3.63, 3.8) is 0 Å². The van der Waals surface area contributed by atoms with Gasteiger partial charge in [0.1, 0.15) is 11.5 Å². The zero-order chi connectivity index (χ0) is 21.6. The van der Waals surface area contributed by atoms with Crippen LogP contribution in [0.5, 0.6) is 0 Å². The molecule has 154 valence electrons. The van der Waals surface area contributed by atoms with Crippen LogP contribution < -0.4 is 5.32 Å². The molecule has 0 saturated carbocycles. The molecule has 0 aliphatic rings. The molecule has 0 aliphatic heterocycles. The summed E-state index contributed by atoms with van der Waals surface area (Å²) in [6.07, 6.45) is 0.645. The minimum atomic E-state index is -1.18. The van der Waals surface area contributed by atoms with E-state index in [0.29, 0.717) is 6.42 Å². The van der Waals surface area contributed by atoms with Gasteiger partial charge in [-0.15, -0.1) is 0 Å². The van der Waals surface area contributed by atoms with Crippen molar-refractivity contribution in [3.8, 4) is 0 Å². The lowest BCUT2D eigenvalue weighted by Gasteiger charge is -2.36. The average molecular weight is 402 g/mol. The highest BCUT2D eigenvalue weighted by molar-refractivity contribution is 5.98. The van der Waals surface area contributed by atoms with Crippen LogP contribution in [0, 0.1) is 5.92 Å². The Balaban J connectivity index is 2.26. The molecule has 0 aliphatic carbocycles. The molecule has 0 heterocycles. The number of amides is 1. The quantitative estimate of drug-likeness (QED) is 0.541. The Morgan fingerprint density at radius 1 is 0.800 bits per heavy atom. The highest BCUT2D eigenvalue weighted by atomic mass is 16.4. The molecule has 1 amide bonds. The molecule has 0 fully saturated rings. The molecule has 2 N–H and O–H groups in total. The molecule has 0 radical (unpaired) electrons. The van der Waals surface area contributed by atoms with Gasteiger partial charge in [0.05, 0.1) is 0 Å². The van der Waals surface area contributed by atoms with Crippen LogP contribution in [0.3, 0.4) is 0 Å². The predicted molar refractivity (Wildman–Crippen MR) is 118 cm³/mol. The van der Waals surface area contributed by atoms with Crippen molar-refractivity contribution in [2.75, 3.05) is 0 Å². The fraction of sp³-hybridized carbons (Fsp3) is 0.231. The van der Waals surface area contributed by atoms with Gasteiger partial charge in [-0.05, 0) is 22.6 Å². The largest absolute Gasteiger partial charge is 0.480 e. The van der Waals surface area contributed by atoms with E-state index in [1.165, 1.54) is 0 Å². The van der Waals surface area contributed by atoms with E-state index in [-0.39, 0.29) is 11.8 Å². The average Bonchev–Trinajstić information content (AvgIpc) is 2.79. The van der Waals surface area contributed by atoms with Gasteiger partial charge in [-0.1, -0.05) is 111 Å². The Bertz CT molecular complexity index is 874. The number of carboxylic acid groups (broad SMARTS) is 1. The Labute approximate surface area is 177 Å². The van der Waals surface area contributed by atoms with Crippen molar-refractivity contribution < 1.29 is 14.7 Å². The molecule has 3 aromatic rings. The molecule has 0 saturated heterocycles. The van der Waals surface area contributed by atoms with Crippen LogP contribution in [0.2, 0.25) is 0 Å². The van der Waals surface area contributed by atoms with Crippen molar-refractivity contribution in [1.82, 2.24) is 5.32 Å². The fourth-order valence-electron chi connectivity index (χ4n) is 3.89. The number of carbonyl (C=O) groups excluding carboxylic acids is 1. The second-order valence-corrected chi connectivity index (χ2v) is 7.52. The molecule has 0 bridgehead atoms. The molecule has 4 heteroatoms. The molecular formula is C26H27NO3. The molecule has 3 rings (SSSR count). The number of rotatable bonds is 8. The second-order valence-electron chi connectivity index (χ2n) is 7.52. The van der Waals surface area contributed by atoms with E-state index in [2.05, 4.69) is 5.32 Å². The van der Waals surface area contributed by atoms with E-state index in [9.17, 15) is 14.7 Å². The van der Waals surface area contributed by atoms with Gasteiger partial charge in [0, 0.05) is 0 Å². The second kappa shape index (κ2) is 9.40. The van der Waals surface area contributed by atoms with E-state index in [1.807, 2.05) is 105 Å². The summed E-state index contributed by atoms with van der Waals surface area (Å²) in [7, 11) is 0. The number of carboxylic acids is 1. The van der Waals surface area contributed by atoms with E-state index in [1.54, 1.807) is 0 Å². The van der Waals surface area contributed by atoms with Gasteiger partial charge in [0.15, 0.2) is 0 Å². The lowest BCUT2D eigenvalue weighted by atomic mass is 9.68. The summed E-state index contributed by atoms with van der Waals surface area (Å²) >= 11 is 0. The molecular weight excluding hydrogens is 374 g/mol. The third-order valence-electron chi connectivity index (χ3n) is 5.73. The standard InChI is InChI=1S/C26H27NO3/c1-3-19(2)23(24(28)29)27-25(30)26(20-13-7-4-8-14-20,21-15-9-5-10-16-21)22-17-11-6-12-18-22/h4-19,23H,3H2,1-2H3,(H,27,30)(H,28,29)/t19-,23+/m1/s1. The van der Waals surface area contributed by atoms with Gasteiger partial charge < -0.3 is 10.4 Å². The topological polar surface area (TPSA) is 66.4 Å². The van der Waals surface area contributed by atoms with Crippen LogP contribution >= 0.6 is 0 Å². The first-order valence-electron chi connectivity index (χ1n) is 10.2. The third-order valence-corrected chi connectivity index (χ3v) is 5.73. The Morgan fingerprint density at radius 3 is 1.47 bits per heavy atom. The van der Waals surface area contributed by atoms with Crippen LogP contribution in [0.4, 0.5) is 0 Å². The molecule has 3 aromatic carbocycles. The highest BCUT2D eigenvalue weighted by Crippen LogP contribution is 2.39. The summed E-state index contributed by atoms with van der Waals surface area (Å²) in [5.41, 5.74) is 1.18. The van der Waals surface area contributed by atoms with Crippen LogP contribution in [0.25, 0.3) is 0 Å². The summed E-state index contributed by atoms with van der Waals surface area (Å²) in [6, 6.07) is 27.6. The number of carbonyl (C=O) groups is 2. The smallest absolute Gasteiger partial charge is 0.326 e. The summed E-state index contributed by atoms with van der Waals surface area (Å²) in [6.45, 7) is 3.76. The third kappa shape index (κ3) is 3.99. The molecule has 2 atom stereocenters. The van der Waals surface area contributed by atoms with Crippen molar-refractivity contribution >= 4 is 11.9 Å². The number of hydrogen-bond donors (Lipinski definition) is 2. The summed E-state index contributed by atoms with van der Waals surface area (Å²) in [4.78, 5) is 26.0. The van der Waals surface area contributed by atoms with Crippen LogP contribution in [-0.2, 0) is 15.0 Å². The summed E-state index contributed by atoms with van der Waals surface area (Å²) in [5, 5.41) is 12.7. The number of benzene rings is 3. The Kier molecular flexibility index (Phi) is 6.68. The molecule has 0 aromatic heterocycles. The van der Waals surface area contributed by atoms with Gasteiger partial charge in [0.25, 0.3) is 0 Å². The minimum absolute atomic E-state index is 0.202. The highest BCUT2D eigenvalue weighted by Gasteiger charge is 2.45.